The number of nitrogens with zero attached hydrogens (tertiary/aromatic N) is 1. The van der Waals surface area contributed by atoms with Crippen LogP contribution < -0.4 is 0 Å². The Morgan fingerprint density at radius 2 is 1.71 bits per heavy atom. The van der Waals surface area contributed by atoms with Crippen molar-refractivity contribution in [2.75, 3.05) is 13.2 Å². The average molecular weight is 370 g/mol. The predicted octanol–water partition coefficient (Wildman–Crippen LogP) is 1.10. The highest BCUT2D eigenvalue weighted by Gasteiger charge is 2.17. The van der Waals surface area contributed by atoms with Crippen molar-refractivity contribution in [2.24, 2.45) is 0 Å². The van der Waals surface area contributed by atoms with E-state index >= 15 is 0 Å². The number of rotatable bonds is 5. The standard InChI is InChI=1S/C10H13INO4S/c1-10(6-13,7-14)12-17(15,16)9-4-2-8(11)3-5-9/h2-5,13-14H,6-7H2,1H3/q-1. The molecule has 0 amide bonds. The smallest absolute Gasteiger partial charge is 0.101 e. The van der Waals surface area contributed by atoms with Crippen LogP contribution in [0, 0.1) is 3.57 Å². The molecule has 1 aromatic rings. The van der Waals surface area contributed by atoms with Gasteiger partial charge in [0, 0.05) is 21.7 Å². The van der Waals surface area contributed by atoms with Crippen LogP contribution in [0.1, 0.15) is 6.92 Å². The largest absolute Gasteiger partial charge is 0.536 e. The first kappa shape index (κ1) is 14.8. The van der Waals surface area contributed by atoms with Crippen LogP contribution in [0.4, 0.5) is 0 Å². The van der Waals surface area contributed by atoms with Gasteiger partial charge >= 0.3 is 0 Å². The molecule has 0 aliphatic heterocycles. The minimum absolute atomic E-state index is 0.0473. The van der Waals surface area contributed by atoms with Crippen LogP contribution in [0.25, 0.3) is 4.72 Å². The van der Waals surface area contributed by atoms with Gasteiger partial charge in [-0.05, 0) is 46.9 Å². The molecule has 0 unspecified atom stereocenters. The molecule has 1 rings (SSSR count). The first-order valence-electron chi connectivity index (χ1n) is 4.79. The van der Waals surface area contributed by atoms with Gasteiger partial charge in [-0.15, -0.1) is 0 Å². The van der Waals surface area contributed by atoms with E-state index in [9.17, 15) is 8.42 Å². The van der Waals surface area contributed by atoms with E-state index < -0.39 is 28.8 Å². The normalized spacial score (nSPS) is 12.7. The molecule has 5 nitrogen and oxygen atoms in total. The first-order valence-corrected chi connectivity index (χ1v) is 7.31. The van der Waals surface area contributed by atoms with Crippen molar-refractivity contribution < 1.29 is 18.6 Å². The summed E-state index contributed by atoms with van der Waals surface area (Å²) in [5.74, 6) is 0. The minimum atomic E-state index is -3.86. The summed E-state index contributed by atoms with van der Waals surface area (Å²) in [6.45, 7) is 0.303. The van der Waals surface area contributed by atoms with Gasteiger partial charge in [0.25, 0.3) is 0 Å². The second kappa shape index (κ2) is 5.61. The number of aliphatic hydroxyl groups excluding tert-OH is 2. The Hall–Kier alpha value is -0.220. The van der Waals surface area contributed by atoms with Crippen LogP contribution in [-0.2, 0) is 10.0 Å². The third-order valence-electron chi connectivity index (χ3n) is 2.13. The lowest BCUT2D eigenvalue weighted by atomic mass is 10.1. The summed E-state index contributed by atoms with van der Waals surface area (Å²) in [6.07, 6.45) is 0. The van der Waals surface area contributed by atoms with Gasteiger partial charge in [-0.2, -0.15) is 0 Å². The summed E-state index contributed by atoms with van der Waals surface area (Å²) in [6, 6.07) is 6.18. The maximum absolute atomic E-state index is 11.9. The molecule has 0 aromatic heterocycles. The third kappa shape index (κ3) is 3.88. The van der Waals surface area contributed by atoms with E-state index in [-0.39, 0.29) is 4.90 Å². The van der Waals surface area contributed by atoms with E-state index in [1.165, 1.54) is 19.1 Å². The Labute approximate surface area is 114 Å². The minimum Gasteiger partial charge on any atom is -0.536 e. The van der Waals surface area contributed by atoms with Gasteiger partial charge in [0.1, 0.15) is 10.0 Å². The van der Waals surface area contributed by atoms with E-state index in [2.05, 4.69) is 27.3 Å². The van der Waals surface area contributed by atoms with Crippen LogP contribution >= 0.6 is 22.6 Å². The number of benzene rings is 1. The summed E-state index contributed by atoms with van der Waals surface area (Å²) in [5, 5.41) is 18.0. The van der Waals surface area contributed by atoms with Gasteiger partial charge in [0.15, 0.2) is 0 Å². The molecule has 2 N–H and O–H groups in total. The molecule has 0 aliphatic rings. The zero-order chi connectivity index (χ0) is 13.1. The van der Waals surface area contributed by atoms with Crippen LogP contribution in [0.3, 0.4) is 0 Å². The van der Waals surface area contributed by atoms with Crippen LogP contribution in [0.5, 0.6) is 0 Å². The van der Waals surface area contributed by atoms with E-state index in [0.29, 0.717) is 0 Å². The lowest BCUT2D eigenvalue weighted by Gasteiger charge is -2.39. The quantitative estimate of drug-likeness (QED) is 0.760. The van der Waals surface area contributed by atoms with E-state index in [1.807, 2.05) is 0 Å². The van der Waals surface area contributed by atoms with Crippen molar-refractivity contribution in [1.82, 2.24) is 0 Å². The highest BCUT2D eigenvalue weighted by molar-refractivity contribution is 14.1. The maximum atomic E-state index is 11.9. The maximum Gasteiger partial charge on any atom is 0.101 e. The molecular weight excluding hydrogens is 357 g/mol. The van der Waals surface area contributed by atoms with Gasteiger partial charge in [-0.3, -0.25) is 0 Å². The second-order valence-electron chi connectivity index (χ2n) is 3.83. The molecule has 17 heavy (non-hydrogen) atoms. The summed E-state index contributed by atoms with van der Waals surface area (Å²) < 4.78 is 28.2. The van der Waals surface area contributed by atoms with Crippen molar-refractivity contribution in [3.05, 3.63) is 32.6 Å². The Morgan fingerprint density at radius 1 is 1.24 bits per heavy atom. The fourth-order valence-corrected chi connectivity index (χ4v) is 2.70. The zero-order valence-corrected chi connectivity index (χ0v) is 12.1. The number of aliphatic hydroxyl groups is 2. The highest BCUT2D eigenvalue weighted by Crippen LogP contribution is 2.26. The van der Waals surface area contributed by atoms with Crippen molar-refractivity contribution in [2.45, 2.75) is 17.4 Å². The van der Waals surface area contributed by atoms with Crippen LogP contribution in [0.2, 0.25) is 0 Å². The average Bonchev–Trinajstić information content (AvgIpc) is 2.29. The summed E-state index contributed by atoms with van der Waals surface area (Å²) in [7, 11) is -3.86. The fourth-order valence-electron chi connectivity index (χ4n) is 1.06. The topological polar surface area (TPSA) is 88.7 Å². The molecule has 0 saturated carbocycles. The molecule has 7 heteroatoms. The molecular formula is C10H13INO4S-. The van der Waals surface area contributed by atoms with Gasteiger partial charge < -0.3 is 14.9 Å². The fraction of sp³-hybridized carbons (Fsp3) is 0.400. The highest BCUT2D eigenvalue weighted by atomic mass is 127. The van der Waals surface area contributed by atoms with E-state index in [4.69, 9.17) is 10.2 Å². The van der Waals surface area contributed by atoms with Crippen LogP contribution in [0.15, 0.2) is 29.2 Å². The Bertz CT molecular complexity index is 468. The molecule has 0 saturated heterocycles. The third-order valence-corrected chi connectivity index (χ3v) is 4.40. The molecule has 1 aromatic carbocycles. The predicted molar refractivity (Wildman–Crippen MR) is 72.3 cm³/mol. The lowest BCUT2D eigenvalue weighted by Crippen LogP contribution is -2.34. The van der Waals surface area contributed by atoms with Crippen molar-refractivity contribution >= 4 is 32.6 Å². The molecule has 0 radical (unpaired) electrons. The Morgan fingerprint density at radius 3 is 2.12 bits per heavy atom. The van der Waals surface area contributed by atoms with Gasteiger partial charge in [0.05, 0.1) is 0 Å². The summed E-state index contributed by atoms with van der Waals surface area (Å²) in [4.78, 5) is 0.0473. The monoisotopic (exact) mass is 370 g/mol. The molecule has 0 spiro atoms. The van der Waals surface area contributed by atoms with Gasteiger partial charge in [-0.25, -0.2) is 8.42 Å². The van der Waals surface area contributed by atoms with Crippen molar-refractivity contribution in [1.29, 1.82) is 0 Å². The Balaban J connectivity index is 3.00. The molecule has 0 heterocycles. The van der Waals surface area contributed by atoms with Crippen LogP contribution in [-0.4, -0.2) is 37.4 Å². The summed E-state index contributed by atoms with van der Waals surface area (Å²) in [5.41, 5.74) is -1.39. The molecule has 96 valence electrons. The number of hydrogen-bond acceptors (Lipinski definition) is 4. The van der Waals surface area contributed by atoms with E-state index in [0.717, 1.165) is 3.57 Å². The number of sulfonamides is 1. The summed E-state index contributed by atoms with van der Waals surface area (Å²) >= 11 is 2.06. The molecule has 0 aliphatic carbocycles. The molecule has 0 fully saturated rings. The lowest BCUT2D eigenvalue weighted by molar-refractivity contribution is 0.156. The molecule has 0 atom stereocenters. The van der Waals surface area contributed by atoms with E-state index in [1.54, 1.807) is 12.1 Å². The number of halogens is 1. The zero-order valence-electron chi connectivity index (χ0n) is 9.17. The SMILES string of the molecule is CC(CO)(CO)[N-]S(=O)(=O)c1ccc(I)cc1. The first-order chi connectivity index (χ1) is 7.83. The number of hydrogen-bond donors (Lipinski definition) is 2. The molecule has 0 bridgehead atoms. The second-order valence-corrected chi connectivity index (χ2v) is 6.68. The van der Waals surface area contributed by atoms with Gasteiger partial charge in [0.2, 0.25) is 0 Å². The van der Waals surface area contributed by atoms with Crippen molar-refractivity contribution in [3.8, 4) is 0 Å². The Kier molecular flexibility index (Phi) is 4.90. The van der Waals surface area contributed by atoms with Gasteiger partial charge in [-0.1, -0.05) is 12.5 Å². The van der Waals surface area contributed by atoms with Crippen molar-refractivity contribution in [3.63, 3.8) is 0 Å².